The number of ether oxygens (including phenoxy) is 1. The number of hydrogen-bond acceptors (Lipinski definition) is 3. The van der Waals surface area contributed by atoms with Gasteiger partial charge in [-0.15, -0.1) is 0 Å². The number of esters is 1. The van der Waals surface area contributed by atoms with Gasteiger partial charge in [0.05, 0.1) is 11.3 Å². The molecule has 0 radical (unpaired) electrons. The van der Waals surface area contributed by atoms with Crippen LogP contribution in [0.15, 0.2) is 84.9 Å². The Hall–Kier alpha value is -3.66. The summed E-state index contributed by atoms with van der Waals surface area (Å²) in [4.78, 5) is 28.5. The van der Waals surface area contributed by atoms with E-state index in [1.807, 2.05) is 48.5 Å². The normalized spacial score (nSPS) is 10.7. The fourth-order valence-corrected chi connectivity index (χ4v) is 3.07. The van der Waals surface area contributed by atoms with Crippen LogP contribution < -0.4 is 0 Å². The van der Waals surface area contributed by atoms with E-state index in [0.29, 0.717) is 22.4 Å². The zero-order valence-electron chi connectivity index (χ0n) is 14.5. The number of para-hydroxylation sites is 1. The molecule has 0 atom stereocenters. The molecule has 1 aromatic heterocycles. The van der Waals surface area contributed by atoms with Crippen molar-refractivity contribution in [3.63, 3.8) is 0 Å². The molecule has 0 saturated heterocycles. The van der Waals surface area contributed by atoms with Gasteiger partial charge in [0.2, 0.25) is 5.78 Å². The van der Waals surface area contributed by atoms with Crippen molar-refractivity contribution < 1.29 is 14.3 Å². The van der Waals surface area contributed by atoms with Crippen molar-refractivity contribution in [2.45, 2.75) is 6.61 Å². The minimum atomic E-state index is -0.418. The molecule has 0 aliphatic rings. The summed E-state index contributed by atoms with van der Waals surface area (Å²) in [5, 5.41) is 0.873. The monoisotopic (exact) mass is 355 g/mol. The van der Waals surface area contributed by atoms with Gasteiger partial charge in [-0.1, -0.05) is 66.7 Å². The van der Waals surface area contributed by atoms with Crippen LogP contribution in [0.25, 0.3) is 10.9 Å². The lowest BCUT2D eigenvalue weighted by Gasteiger charge is -2.07. The summed E-state index contributed by atoms with van der Waals surface area (Å²) in [6, 6.07) is 25.5. The molecule has 1 heterocycles. The third-order valence-electron chi connectivity index (χ3n) is 4.43. The van der Waals surface area contributed by atoms with Gasteiger partial charge in [-0.25, -0.2) is 4.79 Å². The van der Waals surface area contributed by atoms with E-state index >= 15 is 0 Å². The first-order valence-corrected chi connectivity index (χ1v) is 8.65. The van der Waals surface area contributed by atoms with E-state index in [4.69, 9.17) is 4.74 Å². The summed E-state index contributed by atoms with van der Waals surface area (Å²) < 4.78 is 5.50. The Morgan fingerprint density at radius 2 is 1.33 bits per heavy atom. The highest BCUT2D eigenvalue weighted by atomic mass is 16.5. The Morgan fingerprint density at radius 3 is 2.04 bits per heavy atom. The number of rotatable bonds is 5. The molecule has 0 spiro atoms. The maximum absolute atomic E-state index is 13.0. The molecule has 0 aliphatic carbocycles. The average molecular weight is 355 g/mol. The number of nitrogens with one attached hydrogen (secondary N) is 1. The lowest BCUT2D eigenvalue weighted by Crippen LogP contribution is -2.09. The Kier molecular flexibility index (Phi) is 4.54. The van der Waals surface area contributed by atoms with E-state index in [-0.39, 0.29) is 12.4 Å². The third-order valence-corrected chi connectivity index (χ3v) is 4.43. The highest BCUT2D eigenvalue weighted by Gasteiger charge is 2.20. The molecule has 4 nitrogen and oxygen atoms in total. The van der Waals surface area contributed by atoms with Gasteiger partial charge in [0, 0.05) is 22.0 Å². The quantitative estimate of drug-likeness (QED) is 0.415. The number of hydrogen-bond donors (Lipinski definition) is 1. The summed E-state index contributed by atoms with van der Waals surface area (Å²) in [5.41, 5.74) is 3.03. The second kappa shape index (κ2) is 7.30. The van der Waals surface area contributed by atoms with Gasteiger partial charge in [0.1, 0.15) is 6.61 Å². The maximum atomic E-state index is 13.0. The van der Waals surface area contributed by atoms with Crippen molar-refractivity contribution in [2.75, 3.05) is 0 Å². The summed E-state index contributed by atoms with van der Waals surface area (Å²) in [6.45, 7) is 0.0195. The summed E-state index contributed by atoms with van der Waals surface area (Å²) in [7, 11) is 0. The van der Waals surface area contributed by atoms with Gasteiger partial charge in [0.15, 0.2) is 0 Å². The molecule has 27 heavy (non-hydrogen) atoms. The fraction of sp³-hybridized carbons (Fsp3) is 0.0435. The number of H-pyrrole nitrogens is 1. The van der Waals surface area contributed by atoms with Crippen LogP contribution in [-0.2, 0) is 11.3 Å². The SMILES string of the molecule is O=C(OCc1c(C(=O)c2ccccc2)[nH]c2ccccc12)c1ccccc1. The minimum absolute atomic E-state index is 0.0195. The van der Waals surface area contributed by atoms with Crippen molar-refractivity contribution in [3.8, 4) is 0 Å². The van der Waals surface area contributed by atoms with E-state index < -0.39 is 5.97 Å². The molecule has 3 aromatic carbocycles. The van der Waals surface area contributed by atoms with Gasteiger partial charge in [0.25, 0.3) is 0 Å². The third kappa shape index (κ3) is 3.37. The molecule has 0 bridgehead atoms. The first-order valence-electron chi connectivity index (χ1n) is 8.65. The van der Waals surface area contributed by atoms with Gasteiger partial charge in [-0.3, -0.25) is 4.79 Å². The standard InChI is InChI=1S/C23H17NO3/c25-22(16-9-3-1-4-10-16)21-19(18-13-7-8-14-20(18)24-21)15-27-23(26)17-11-5-2-6-12-17/h1-14,24H,15H2. The average Bonchev–Trinajstić information content (AvgIpc) is 3.11. The lowest BCUT2D eigenvalue weighted by atomic mass is 10.0. The predicted octanol–water partition coefficient (Wildman–Crippen LogP) is 4.76. The van der Waals surface area contributed by atoms with E-state index in [2.05, 4.69) is 4.98 Å². The van der Waals surface area contributed by atoms with Crippen LogP contribution in [0.2, 0.25) is 0 Å². The molecular weight excluding hydrogens is 338 g/mol. The molecule has 0 amide bonds. The minimum Gasteiger partial charge on any atom is -0.457 e. The van der Waals surface area contributed by atoms with Crippen molar-refractivity contribution in [2.24, 2.45) is 0 Å². The van der Waals surface area contributed by atoms with Gasteiger partial charge >= 0.3 is 5.97 Å². The van der Waals surface area contributed by atoms with Crippen LogP contribution in [-0.4, -0.2) is 16.7 Å². The number of aromatic nitrogens is 1. The number of fused-ring (bicyclic) bond motifs is 1. The molecule has 4 aromatic rings. The highest BCUT2D eigenvalue weighted by molar-refractivity contribution is 6.11. The topological polar surface area (TPSA) is 59.2 Å². The number of benzene rings is 3. The Bertz CT molecular complexity index is 1100. The second-order valence-corrected chi connectivity index (χ2v) is 6.16. The van der Waals surface area contributed by atoms with Crippen LogP contribution in [0.4, 0.5) is 0 Å². The largest absolute Gasteiger partial charge is 0.457 e. The fourth-order valence-electron chi connectivity index (χ4n) is 3.07. The number of ketones is 1. The van der Waals surface area contributed by atoms with E-state index in [1.54, 1.807) is 36.4 Å². The summed E-state index contributed by atoms with van der Waals surface area (Å²) >= 11 is 0. The Labute approximate surface area is 156 Å². The first-order chi connectivity index (χ1) is 13.2. The van der Waals surface area contributed by atoms with Gasteiger partial charge in [-0.05, 0) is 18.2 Å². The van der Waals surface area contributed by atoms with E-state index in [9.17, 15) is 9.59 Å². The summed E-state index contributed by atoms with van der Waals surface area (Å²) in [5.74, 6) is -0.545. The number of carbonyl (C=O) groups excluding carboxylic acids is 2. The zero-order valence-corrected chi connectivity index (χ0v) is 14.5. The number of carbonyl (C=O) groups is 2. The van der Waals surface area contributed by atoms with Crippen LogP contribution in [0.5, 0.6) is 0 Å². The second-order valence-electron chi connectivity index (χ2n) is 6.16. The van der Waals surface area contributed by atoms with Crippen LogP contribution >= 0.6 is 0 Å². The Morgan fingerprint density at radius 1 is 0.741 bits per heavy atom. The predicted molar refractivity (Wildman–Crippen MR) is 104 cm³/mol. The first kappa shape index (κ1) is 16.8. The Balaban J connectivity index is 1.68. The molecular formula is C23H17NO3. The molecule has 0 aliphatic heterocycles. The molecule has 132 valence electrons. The molecule has 0 fully saturated rings. The molecule has 4 rings (SSSR count). The van der Waals surface area contributed by atoms with Crippen LogP contribution in [0.3, 0.4) is 0 Å². The van der Waals surface area contributed by atoms with Crippen LogP contribution in [0.1, 0.15) is 32.0 Å². The van der Waals surface area contributed by atoms with Crippen molar-refractivity contribution in [1.29, 1.82) is 0 Å². The van der Waals surface area contributed by atoms with Crippen LogP contribution in [0, 0.1) is 0 Å². The van der Waals surface area contributed by atoms with Crippen molar-refractivity contribution in [1.82, 2.24) is 4.98 Å². The maximum Gasteiger partial charge on any atom is 0.338 e. The smallest absolute Gasteiger partial charge is 0.338 e. The molecule has 4 heteroatoms. The number of aromatic amines is 1. The summed E-state index contributed by atoms with van der Waals surface area (Å²) in [6.07, 6.45) is 0. The highest BCUT2D eigenvalue weighted by Crippen LogP contribution is 2.25. The van der Waals surface area contributed by atoms with E-state index in [1.165, 1.54) is 0 Å². The lowest BCUT2D eigenvalue weighted by molar-refractivity contribution is 0.0472. The van der Waals surface area contributed by atoms with Gasteiger partial charge < -0.3 is 9.72 Å². The zero-order chi connectivity index (χ0) is 18.6. The molecule has 0 unspecified atom stereocenters. The molecule has 0 saturated carbocycles. The van der Waals surface area contributed by atoms with Gasteiger partial charge in [-0.2, -0.15) is 0 Å². The van der Waals surface area contributed by atoms with Crippen molar-refractivity contribution >= 4 is 22.7 Å². The van der Waals surface area contributed by atoms with Crippen molar-refractivity contribution in [3.05, 3.63) is 107 Å². The van der Waals surface area contributed by atoms with E-state index in [0.717, 1.165) is 10.9 Å². The molecule has 1 N–H and O–H groups in total.